The lowest BCUT2D eigenvalue weighted by Gasteiger charge is -2.32. The summed E-state index contributed by atoms with van der Waals surface area (Å²) in [4.78, 5) is 41.8. The van der Waals surface area contributed by atoms with Gasteiger partial charge in [-0.05, 0) is 209 Å². The molecule has 12 aromatic rings. The molecule has 16 rings (SSSR count). The second kappa shape index (κ2) is 28.8. The maximum atomic E-state index is 12.2. The third kappa shape index (κ3) is 14.5. The number of likely N-dealkylation sites (N-methyl/N-ethyl adjacent to an activating group) is 4. The molecule has 0 saturated carbocycles. The van der Waals surface area contributed by atoms with E-state index in [1.54, 1.807) is 50.0 Å². The van der Waals surface area contributed by atoms with Crippen LogP contribution in [0.3, 0.4) is 0 Å². The molecule has 4 N–H and O–H groups in total. The van der Waals surface area contributed by atoms with Gasteiger partial charge in [0.25, 0.3) is 5.56 Å². The Kier molecular flexibility index (Phi) is 20.1. The van der Waals surface area contributed by atoms with Crippen molar-refractivity contribution in [3.05, 3.63) is 258 Å². The second-order valence-electron chi connectivity index (χ2n) is 30.1. The summed E-state index contributed by atoms with van der Waals surface area (Å²) in [7, 11) is 8.71. The Morgan fingerprint density at radius 3 is 1.62 bits per heavy atom. The number of benzene rings is 3. The Morgan fingerprint density at radius 2 is 1.05 bits per heavy atom. The van der Waals surface area contributed by atoms with Crippen LogP contribution in [0.2, 0.25) is 0 Å². The van der Waals surface area contributed by atoms with Crippen molar-refractivity contribution in [3.8, 4) is 0 Å². The van der Waals surface area contributed by atoms with Gasteiger partial charge < -0.3 is 53.3 Å². The van der Waals surface area contributed by atoms with Gasteiger partial charge in [0.05, 0.1) is 25.2 Å². The van der Waals surface area contributed by atoms with Crippen molar-refractivity contribution in [3.63, 3.8) is 0 Å². The summed E-state index contributed by atoms with van der Waals surface area (Å²) in [6, 6.07) is 37.7. The molecule has 526 valence electrons. The number of H-pyrrole nitrogens is 1. The minimum absolute atomic E-state index is 0.238. The summed E-state index contributed by atoms with van der Waals surface area (Å²) in [6.45, 7) is 27.9. The van der Waals surface area contributed by atoms with Crippen molar-refractivity contribution < 1.29 is 15.3 Å². The van der Waals surface area contributed by atoms with Gasteiger partial charge in [0, 0.05) is 205 Å². The highest BCUT2D eigenvalue weighted by Gasteiger charge is 2.35. The van der Waals surface area contributed by atoms with E-state index in [0.717, 1.165) is 112 Å². The fourth-order valence-corrected chi connectivity index (χ4v) is 16.0. The second-order valence-corrected chi connectivity index (χ2v) is 30.1. The van der Waals surface area contributed by atoms with Gasteiger partial charge >= 0.3 is 0 Å². The van der Waals surface area contributed by atoms with E-state index in [1.165, 1.54) is 105 Å². The molecule has 17 nitrogen and oxygen atoms in total. The average molecular weight is 1360 g/mol. The van der Waals surface area contributed by atoms with Crippen LogP contribution in [0, 0.1) is 34.6 Å². The zero-order chi connectivity index (χ0) is 71.2. The summed E-state index contributed by atoms with van der Waals surface area (Å²) in [5.41, 5.74) is 22.1. The summed E-state index contributed by atoms with van der Waals surface area (Å²) < 4.78 is 9.32. The van der Waals surface area contributed by atoms with Crippen molar-refractivity contribution in [2.24, 2.45) is 0 Å². The molecule has 0 spiro atoms. The molecule has 0 saturated heterocycles. The maximum Gasteiger partial charge on any atom is 0.254 e. The predicted octanol–water partition coefficient (Wildman–Crippen LogP) is 12.7. The van der Waals surface area contributed by atoms with E-state index in [-0.39, 0.29) is 5.56 Å². The van der Waals surface area contributed by atoms with Gasteiger partial charge in [-0.2, -0.15) is 0 Å². The van der Waals surface area contributed by atoms with Gasteiger partial charge in [0.1, 0.15) is 22.5 Å². The minimum Gasteiger partial charge on any atom is -0.384 e. The van der Waals surface area contributed by atoms with Crippen LogP contribution in [0.1, 0.15) is 123 Å². The molecule has 4 atom stereocenters. The van der Waals surface area contributed by atoms with Crippen molar-refractivity contribution in [1.82, 2.24) is 62.8 Å². The molecule has 101 heavy (non-hydrogen) atoms. The number of hydrogen-bond donors (Lipinski definition) is 4. The van der Waals surface area contributed by atoms with Crippen LogP contribution in [0.4, 0.5) is 0 Å². The molecule has 0 radical (unpaired) electrons. The predicted molar refractivity (Wildman–Crippen MR) is 406 cm³/mol. The molecule has 13 heterocycles. The summed E-state index contributed by atoms with van der Waals surface area (Å²) in [6.07, 6.45) is 17.6. The number of aliphatic hydroxyl groups is 3. The van der Waals surface area contributed by atoms with Gasteiger partial charge in [-0.15, -0.1) is 0 Å². The largest absolute Gasteiger partial charge is 0.384 e. The molecule has 9 aromatic heterocycles. The Bertz CT molecular complexity index is 5020. The summed E-state index contributed by atoms with van der Waals surface area (Å²) in [5, 5.41) is 38.9. The van der Waals surface area contributed by atoms with E-state index < -0.39 is 16.8 Å². The third-order valence-electron chi connectivity index (χ3n) is 22.0. The summed E-state index contributed by atoms with van der Waals surface area (Å²) >= 11 is 0. The van der Waals surface area contributed by atoms with Gasteiger partial charge in [-0.1, -0.05) is 47.5 Å². The summed E-state index contributed by atoms with van der Waals surface area (Å²) in [5.74, 6) is 0. The van der Waals surface area contributed by atoms with Crippen molar-refractivity contribution >= 4 is 43.7 Å². The first-order chi connectivity index (χ1) is 48.3. The molecule has 0 amide bonds. The van der Waals surface area contributed by atoms with E-state index in [9.17, 15) is 20.1 Å². The van der Waals surface area contributed by atoms with Crippen LogP contribution >= 0.6 is 0 Å². The lowest BCUT2D eigenvalue weighted by atomic mass is 9.96. The molecular weight excluding hydrogens is 1260 g/mol. The Hall–Kier alpha value is -8.91. The fourth-order valence-electron chi connectivity index (χ4n) is 16.0. The number of rotatable bonds is 12. The number of fused-ring (bicyclic) bond motifs is 12. The van der Waals surface area contributed by atoms with Crippen LogP contribution in [0.15, 0.2) is 157 Å². The lowest BCUT2D eigenvalue weighted by Crippen LogP contribution is -2.36. The van der Waals surface area contributed by atoms with Gasteiger partial charge in [0.15, 0.2) is 0 Å². The van der Waals surface area contributed by atoms with E-state index in [4.69, 9.17) is 0 Å². The highest BCUT2D eigenvalue weighted by molar-refractivity contribution is 5.90. The fraction of sp³-hybridized carbons (Fsp3) is 0.393. The molecule has 4 aliphatic heterocycles. The Balaban J connectivity index is 0.000000121. The van der Waals surface area contributed by atoms with Crippen LogP contribution in [0.5, 0.6) is 0 Å². The molecule has 0 fully saturated rings. The topological polar surface area (TPSA) is 178 Å². The van der Waals surface area contributed by atoms with Crippen molar-refractivity contribution in [2.75, 3.05) is 47.8 Å². The lowest BCUT2D eigenvalue weighted by molar-refractivity contribution is 0.0368. The van der Waals surface area contributed by atoms with E-state index in [2.05, 4.69) is 192 Å². The van der Waals surface area contributed by atoms with Gasteiger partial charge in [-0.25, -0.2) is 4.98 Å². The molecule has 0 aliphatic carbocycles. The van der Waals surface area contributed by atoms with Crippen LogP contribution in [0.25, 0.3) is 43.7 Å². The average Bonchev–Trinajstić information content (AvgIpc) is 1.61. The number of aromatic nitrogens is 9. The van der Waals surface area contributed by atoms with Crippen molar-refractivity contribution in [1.29, 1.82) is 0 Å². The molecule has 17 heteroatoms. The van der Waals surface area contributed by atoms with Crippen LogP contribution < -0.4 is 5.56 Å². The zero-order valence-electron chi connectivity index (χ0n) is 61.4. The number of nitrogens with one attached hydrogen (secondary N) is 1. The Labute approximate surface area is 594 Å². The molecule has 4 aliphatic rings. The molecule has 4 unspecified atom stereocenters. The SMILES string of the molecule is Cc1ccc(CCn2c3c(c4cccnc42)CN(C)CC3)cn1.Cc1ccc2c(c1)c1c(n2CC(C)(O)c2ccc[nH]c2=O)CCN(C)C1.Cc1ccc2c(c1)c1c(n2CC(C)(O)c2cccnc2)CC(C)N(C)C1.Cc1ccc2c(c1C)c1c(n2CC(C)(O)c2cccnc2)CCN(C)C1. The monoisotopic (exact) mass is 1360 g/mol. The number of hydrogen-bond acceptors (Lipinski definition) is 12. The van der Waals surface area contributed by atoms with E-state index >= 15 is 0 Å². The molecule has 0 bridgehead atoms. The highest BCUT2D eigenvalue weighted by Crippen LogP contribution is 2.40. The first-order valence-corrected chi connectivity index (χ1v) is 35.9. The first kappa shape index (κ1) is 70.5. The zero-order valence-corrected chi connectivity index (χ0v) is 61.4. The third-order valence-corrected chi connectivity index (χ3v) is 22.0. The number of aromatic amines is 1. The maximum absolute atomic E-state index is 12.2. The Morgan fingerprint density at radius 1 is 0.525 bits per heavy atom. The highest BCUT2D eigenvalue weighted by atomic mass is 16.3. The number of nitrogens with zero attached hydrogens (tertiary/aromatic N) is 12. The normalized spacial score (nSPS) is 17.5. The van der Waals surface area contributed by atoms with Crippen LogP contribution in [-0.4, -0.2) is 132 Å². The van der Waals surface area contributed by atoms with Gasteiger partial charge in [-0.3, -0.25) is 24.6 Å². The number of pyridine rings is 5. The standard InChI is InChI=1S/2C22H27N3O.C21H25N3O2.C19H22N4/c1-15-7-8-20-21(16(15)2)18-13-24(4)11-9-19(18)25(20)14-22(3,26)17-6-5-10-23-12-17;1-15-7-8-20-18(10-15)19-13-24(4)16(2)11-21(19)25(20)14-22(3,26)17-6-5-9-23-12-17;1-14-6-7-18-15(11-14)16-12-23(3)10-8-19(16)24(18)13-21(2,26)17-5-4-9-22-20(17)25;1-14-5-6-15(12-21-14)7-11-23-18-8-10-22(2)13-17(18)16-4-3-9-20-19(16)23/h5-8,10,12,26H,9,11,13-14H2,1-4H3;5-10,12,16,26H,11,13-14H2,1-4H3;4-7,9,11,26H,8,10,12-13H2,1-3H3,(H,22,25);3-6,9,12H,7-8,10-11,13H2,1-2H3. The van der Waals surface area contributed by atoms with Crippen LogP contribution in [-0.2, 0) is 101 Å². The molecular formula is C84H101N13O4. The van der Waals surface area contributed by atoms with E-state index in [0.29, 0.717) is 31.2 Å². The smallest absolute Gasteiger partial charge is 0.254 e. The molecule has 3 aromatic carbocycles. The first-order valence-electron chi connectivity index (χ1n) is 35.9. The van der Waals surface area contributed by atoms with Gasteiger partial charge in [0.2, 0.25) is 0 Å². The quantitative estimate of drug-likeness (QED) is 0.0911. The van der Waals surface area contributed by atoms with E-state index in [1.807, 2.05) is 63.5 Å². The van der Waals surface area contributed by atoms with Crippen molar-refractivity contribution in [2.45, 2.75) is 170 Å². The number of aryl methyl sites for hydroxylation is 7. The minimum atomic E-state index is -1.25.